The van der Waals surface area contributed by atoms with Crippen molar-refractivity contribution < 1.29 is 22.7 Å². The van der Waals surface area contributed by atoms with Crippen LogP contribution in [-0.4, -0.2) is 53.2 Å². The van der Waals surface area contributed by atoms with Crippen LogP contribution >= 0.6 is 0 Å². The van der Waals surface area contributed by atoms with Crippen LogP contribution < -0.4 is 19.5 Å². The van der Waals surface area contributed by atoms with E-state index in [-0.39, 0.29) is 17.5 Å². The molecule has 1 aliphatic heterocycles. The molecule has 2 N–H and O–H groups in total. The van der Waals surface area contributed by atoms with Gasteiger partial charge >= 0.3 is 6.03 Å². The highest BCUT2D eigenvalue weighted by Gasteiger charge is 2.18. The molecule has 1 heterocycles. The summed E-state index contributed by atoms with van der Waals surface area (Å²) in [6.45, 7) is 1.75. The largest absolute Gasteiger partial charge is 0.493 e. The molecule has 2 aromatic carbocycles. The SMILES string of the molecule is COc1ccc(CCNS(=O)(=O)c2ccc(NC(=O)N3CCCC3)cc2)cc1OC. The number of sulfonamides is 1. The van der Waals surface area contributed by atoms with E-state index in [9.17, 15) is 13.2 Å². The first kappa shape index (κ1) is 21.9. The highest BCUT2D eigenvalue weighted by molar-refractivity contribution is 7.89. The van der Waals surface area contributed by atoms with Crippen molar-refractivity contribution in [1.29, 1.82) is 0 Å². The zero-order valence-electron chi connectivity index (χ0n) is 17.2. The van der Waals surface area contributed by atoms with E-state index in [2.05, 4.69) is 10.0 Å². The molecule has 1 fully saturated rings. The number of ether oxygens (including phenoxy) is 2. The Morgan fingerprint density at radius 2 is 1.67 bits per heavy atom. The highest BCUT2D eigenvalue weighted by atomic mass is 32.2. The molecule has 162 valence electrons. The van der Waals surface area contributed by atoms with Crippen LogP contribution in [0.4, 0.5) is 10.5 Å². The Labute approximate surface area is 177 Å². The van der Waals surface area contributed by atoms with Crippen molar-refractivity contribution in [3.8, 4) is 11.5 Å². The van der Waals surface area contributed by atoms with Gasteiger partial charge in [0.2, 0.25) is 10.0 Å². The third-order valence-corrected chi connectivity index (χ3v) is 6.44. The van der Waals surface area contributed by atoms with Gasteiger partial charge in [-0.15, -0.1) is 0 Å². The average Bonchev–Trinajstić information content (AvgIpc) is 3.29. The van der Waals surface area contributed by atoms with Gasteiger partial charge in [-0.2, -0.15) is 0 Å². The zero-order valence-corrected chi connectivity index (χ0v) is 18.0. The van der Waals surface area contributed by atoms with E-state index in [0.29, 0.717) is 23.6 Å². The summed E-state index contributed by atoms with van der Waals surface area (Å²) in [5, 5.41) is 2.80. The number of nitrogens with zero attached hydrogens (tertiary/aromatic N) is 1. The number of benzene rings is 2. The summed E-state index contributed by atoms with van der Waals surface area (Å²) in [6, 6.07) is 11.5. The molecule has 2 aromatic rings. The zero-order chi connectivity index (χ0) is 21.6. The van der Waals surface area contributed by atoms with Crippen LogP contribution in [0.3, 0.4) is 0 Å². The van der Waals surface area contributed by atoms with Gasteiger partial charge in [-0.05, 0) is 61.2 Å². The van der Waals surface area contributed by atoms with Crippen molar-refractivity contribution >= 4 is 21.7 Å². The number of anilines is 1. The monoisotopic (exact) mass is 433 g/mol. The van der Waals surface area contributed by atoms with Gasteiger partial charge in [0.05, 0.1) is 19.1 Å². The molecule has 0 aromatic heterocycles. The average molecular weight is 434 g/mol. The van der Waals surface area contributed by atoms with Crippen molar-refractivity contribution in [3.63, 3.8) is 0 Å². The van der Waals surface area contributed by atoms with E-state index >= 15 is 0 Å². The molecule has 1 aliphatic rings. The molecule has 1 saturated heterocycles. The Balaban J connectivity index is 1.55. The second kappa shape index (κ2) is 9.82. The Hall–Kier alpha value is -2.78. The minimum Gasteiger partial charge on any atom is -0.493 e. The van der Waals surface area contributed by atoms with Gasteiger partial charge in [-0.25, -0.2) is 17.9 Å². The van der Waals surface area contributed by atoms with Gasteiger partial charge in [-0.3, -0.25) is 0 Å². The standard InChI is InChI=1S/C21H27N3O5S/c1-28-19-10-5-16(15-20(19)29-2)11-12-22-30(26,27)18-8-6-17(7-9-18)23-21(25)24-13-3-4-14-24/h5-10,15,22H,3-4,11-14H2,1-2H3,(H,23,25). The van der Waals surface area contributed by atoms with Crippen LogP contribution in [0, 0.1) is 0 Å². The lowest BCUT2D eigenvalue weighted by atomic mass is 10.1. The van der Waals surface area contributed by atoms with Gasteiger partial charge in [0.1, 0.15) is 0 Å². The molecule has 0 saturated carbocycles. The number of likely N-dealkylation sites (tertiary alicyclic amines) is 1. The van der Waals surface area contributed by atoms with Gasteiger partial charge in [-0.1, -0.05) is 6.07 Å². The number of carbonyl (C=O) groups excluding carboxylic acids is 1. The molecule has 0 bridgehead atoms. The van der Waals surface area contributed by atoms with Crippen molar-refractivity contribution in [2.75, 3.05) is 39.2 Å². The molecule has 2 amide bonds. The first-order valence-corrected chi connectivity index (χ1v) is 11.3. The minimum absolute atomic E-state index is 0.147. The highest BCUT2D eigenvalue weighted by Crippen LogP contribution is 2.27. The number of amides is 2. The molecular weight excluding hydrogens is 406 g/mol. The lowest BCUT2D eigenvalue weighted by Crippen LogP contribution is -2.32. The van der Waals surface area contributed by atoms with Crippen molar-refractivity contribution in [2.45, 2.75) is 24.2 Å². The molecule has 0 atom stereocenters. The Morgan fingerprint density at radius 3 is 2.30 bits per heavy atom. The van der Waals surface area contributed by atoms with Crippen LogP contribution in [-0.2, 0) is 16.4 Å². The lowest BCUT2D eigenvalue weighted by molar-refractivity contribution is 0.222. The van der Waals surface area contributed by atoms with Crippen LogP contribution in [0.15, 0.2) is 47.4 Å². The number of hydrogen-bond donors (Lipinski definition) is 2. The third-order valence-electron chi connectivity index (χ3n) is 4.96. The van der Waals surface area contributed by atoms with E-state index in [1.54, 1.807) is 37.3 Å². The summed E-state index contributed by atoms with van der Waals surface area (Å²) in [4.78, 5) is 14.0. The molecule has 0 radical (unpaired) electrons. The second-order valence-electron chi connectivity index (χ2n) is 6.99. The fraction of sp³-hybridized carbons (Fsp3) is 0.381. The Bertz CT molecular complexity index is 971. The normalized spacial score (nSPS) is 13.9. The van der Waals surface area contributed by atoms with Crippen LogP contribution in [0.1, 0.15) is 18.4 Å². The fourth-order valence-corrected chi connectivity index (χ4v) is 4.32. The first-order valence-electron chi connectivity index (χ1n) is 9.79. The summed E-state index contributed by atoms with van der Waals surface area (Å²) in [7, 11) is -0.528. The summed E-state index contributed by atoms with van der Waals surface area (Å²) in [6.07, 6.45) is 2.53. The lowest BCUT2D eigenvalue weighted by Gasteiger charge is -2.16. The molecule has 8 nitrogen and oxygen atoms in total. The van der Waals surface area contributed by atoms with Crippen LogP contribution in [0.5, 0.6) is 11.5 Å². The van der Waals surface area contributed by atoms with Crippen molar-refractivity contribution in [3.05, 3.63) is 48.0 Å². The number of urea groups is 1. The van der Waals surface area contributed by atoms with E-state index in [1.807, 2.05) is 12.1 Å². The number of rotatable bonds is 8. The van der Waals surface area contributed by atoms with E-state index in [1.165, 1.54) is 12.1 Å². The second-order valence-corrected chi connectivity index (χ2v) is 8.75. The van der Waals surface area contributed by atoms with Crippen molar-refractivity contribution in [2.24, 2.45) is 0 Å². The molecule has 0 unspecified atom stereocenters. The van der Waals surface area contributed by atoms with E-state index in [0.717, 1.165) is 31.5 Å². The first-order chi connectivity index (χ1) is 14.4. The van der Waals surface area contributed by atoms with Gasteiger partial charge in [0, 0.05) is 25.3 Å². The molecule has 0 spiro atoms. The van der Waals surface area contributed by atoms with Gasteiger partial charge < -0.3 is 19.7 Å². The van der Waals surface area contributed by atoms with Gasteiger partial charge in [0.25, 0.3) is 0 Å². The van der Waals surface area contributed by atoms with Crippen molar-refractivity contribution in [1.82, 2.24) is 9.62 Å². The summed E-state index contributed by atoms with van der Waals surface area (Å²) in [5.41, 5.74) is 1.49. The summed E-state index contributed by atoms with van der Waals surface area (Å²) in [5.74, 6) is 1.23. The van der Waals surface area contributed by atoms with Gasteiger partial charge in [0.15, 0.2) is 11.5 Å². The van der Waals surface area contributed by atoms with E-state index < -0.39 is 10.0 Å². The third kappa shape index (κ3) is 5.43. The smallest absolute Gasteiger partial charge is 0.321 e. The Morgan fingerprint density at radius 1 is 1.00 bits per heavy atom. The molecule has 3 rings (SSSR count). The van der Waals surface area contributed by atoms with Crippen LogP contribution in [0.2, 0.25) is 0 Å². The van der Waals surface area contributed by atoms with E-state index in [4.69, 9.17) is 9.47 Å². The fourth-order valence-electron chi connectivity index (χ4n) is 3.29. The quantitative estimate of drug-likeness (QED) is 0.667. The molecular formula is C21H27N3O5S. The minimum atomic E-state index is -3.65. The Kier molecular flexibility index (Phi) is 7.17. The number of nitrogens with one attached hydrogen (secondary N) is 2. The number of carbonyl (C=O) groups is 1. The maximum absolute atomic E-state index is 12.5. The number of hydrogen-bond acceptors (Lipinski definition) is 5. The topological polar surface area (TPSA) is 97.0 Å². The maximum atomic E-state index is 12.5. The number of methoxy groups -OCH3 is 2. The predicted molar refractivity (Wildman–Crippen MR) is 115 cm³/mol. The predicted octanol–water partition coefficient (Wildman–Crippen LogP) is 2.85. The maximum Gasteiger partial charge on any atom is 0.321 e. The molecule has 30 heavy (non-hydrogen) atoms. The summed E-state index contributed by atoms with van der Waals surface area (Å²) >= 11 is 0. The molecule has 0 aliphatic carbocycles. The van der Waals surface area contributed by atoms with Crippen LogP contribution in [0.25, 0.3) is 0 Å². The molecule has 9 heteroatoms. The summed E-state index contributed by atoms with van der Waals surface area (Å²) < 4.78 is 38.1.